The number of rotatable bonds is 5. The predicted octanol–water partition coefficient (Wildman–Crippen LogP) is 7.97. The van der Waals surface area contributed by atoms with Gasteiger partial charge in [0.2, 0.25) is 0 Å². The molecule has 4 heteroatoms. The van der Waals surface area contributed by atoms with E-state index < -0.39 is 0 Å². The highest BCUT2D eigenvalue weighted by Gasteiger charge is 2.69. The lowest BCUT2D eigenvalue weighted by Crippen LogP contribution is -2.66. The first-order chi connectivity index (χ1) is 16.7. The summed E-state index contributed by atoms with van der Waals surface area (Å²) in [6.45, 7) is 21.8. The van der Waals surface area contributed by atoms with E-state index in [1.54, 1.807) is 0 Å². The molecule has 4 aliphatic rings. The first kappa shape index (κ1) is 28.0. The maximum Gasteiger partial charge on any atom is 0.305 e. The summed E-state index contributed by atoms with van der Waals surface area (Å²) >= 11 is 0. The molecule has 4 rings (SSSR count). The second-order valence-electron chi connectivity index (χ2n) is 14.8. The summed E-state index contributed by atoms with van der Waals surface area (Å²) in [6.07, 6.45) is 10.6. The van der Waals surface area contributed by atoms with Crippen molar-refractivity contribution in [2.24, 2.45) is 50.7 Å². The van der Waals surface area contributed by atoms with E-state index >= 15 is 0 Å². The minimum atomic E-state index is -0.0680. The average Bonchev–Trinajstić information content (AvgIpc) is 2.83. The van der Waals surface area contributed by atoms with Gasteiger partial charge in [-0.15, -0.1) is 0 Å². The Labute approximate surface area is 221 Å². The predicted molar refractivity (Wildman–Crippen MR) is 144 cm³/mol. The Balaban J connectivity index is 1.59. The number of hydrogen-bond donors (Lipinski definition) is 0. The number of carbonyl (C=O) groups excluding carboxylic acids is 2. The standard InChI is InChI=1S/C32H54O4/c1-10-26(33)35-20-29(6)18-19-31(8)22(21(29)3)12-13-24-30(7)16-15-25(36-27(34)11-2)28(4,5)23(30)14-17-32(24,31)9/h21-25H,10-20H2,1-9H3/t21?,22-,23+,24-,25+,29-,30+,31-,32-/m1/s1. The molecule has 0 aromatic rings. The first-order valence-corrected chi connectivity index (χ1v) is 15.0. The summed E-state index contributed by atoms with van der Waals surface area (Å²) in [7, 11) is 0. The fourth-order valence-corrected chi connectivity index (χ4v) is 10.5. The van der Waals surface area contributed by atoms with E-state index in [1.165, 1.54) is 38.5 Å². The molecule has 0 radical (unpaired) electrons. The van der Waals surface area contributed by atoms with Gasteiger partial charge in [0.05, 0.1) is 6.61 Å². The lowest BCUT2D eigenvalue weighted by atomic mass is 9.32. The third-order valence-corrected chi connectivity index (χ3v) is 13.2. The summed E-state index contributed by atoms with van der Waals surface area (Å²) in [5.41, 5.74) is 1.01. The molecule has 0 heterocycles. The zero-order valence-electron chi connectivity index (χ0n) is 24.8. The minimum absolute atomic E-state index is 0.0124. The number of hydrogen-bond acceptors (Lipinski definition) is 4. The normalized spacial score (nSPS) is 47.6. The van der Waals surface area contributed by atoms with Crippen molar-refractivity contribution < 1.29 is 19.1 Å². The van der Waals surface area contributed by atoms with Gasteiger partial charge >= 0.3 is 11.9 Å². The quantitative estimate of drug-likeness (QED) is 0.358. The van der Waals surface area contributed by atoms with Gasteiger partial charge in [-0.25, -0.2) is 0 Å². The van der Waals surface area contributed by atoms with Crippen LogP contribution in [0.4, 0.5) is 0 Å². The number of ether oxygens (including phenoxy) is 2. The second-order valence-corrected chi connectivity index (χ2v) is 14.8. The molecule has 1 unspecified atom stereocenters. The molecule has 0 aromatic carbocycles. The van der Waals surface area contributed by atoms with E-state index in [4.69, 9.17) is 9.47 Å². The molecule has 206 valence electrons. The van der Waals surface area contributed by atoms with Crippen molar-refractivity contribution in [3.05, 3.63) is 0 Å². The maximum absolute atomic E-state index is 12.2. The summed E-state index contributed by atoms with van der Waals surface area (Å²) in [5.74, 6) is 2.40. The smallest absolute Gasteiger partial charge is 0.305 e. The molecule has 36 heavy (non-hydrogen) atoms. The Morgan fingerprint density at radius 3 is 2.06 bits per heavy atom. The Morgan fingerprint density at radius 2 is 1.42 bits per heavy atom. The summed E-state index contributed by atoms with van der Waals surface area (Å²) in [4.78, 5) is 24.2. The average molecular weight is 503 g/mol. The van der Waals surface area contributed by atoms with Crippen molar-refractivity contribution in [3.8, 4) is 0 Å². The number of carbonyl (C=O) groups is 2. The second kappa shape index (κ2) is 9.30. The SMILES string of the molecule is CCC(=O)OC[C@@]1(C)CC[C@]2(C)[C@H](CC[C@@H]3[C@@]4(C)CC[C@H](OC(=O)CC)C(C)(C)[C@@H]4CC[C@]32C)C1C. The van der Waals surface area contributed by atoms with E-state index in [-0.39, 0.29) is 28.9 Å². The van der Waals surface area contributed by atoms with Crippen molar-refractivity contribution in [1.29, 1.82) is 0 Å². The third kappa shape index (κ3) is 3.98. The van der Waals surface area contributed by atoms with Crippen LogP contribution in [0.3, 0.4) is 0 Å². The maximum atomic E-state index is 12.2. The first-order valence-electron chi connectivity index (χ1n) is 15.0. The summed E-state index contributed by atoms with van der Waals surface area (Å²) in [5, 5.41) is 0. The van der Waals surface area contributed by atoms with Crippen molar-refractivity contribution in [2.75, 3.05) is 6.61 Å². The van der Waals surface area contributed by atoms with Crippen LogP contribution in [-0.4, -0.2) is 24.6 Å². The van der Waals surface area contributed by atoms with Crippen LogP contribution in [0.25, 0.3) is 0 Å². The Morgan fingerprint density at radius 1 is 0.750 bits per heavy atom. The molecule has 0 spiro atoms. The Hall–Kier alpha value is -1.06. The van der Waals surface area contributed by atoms with E-state index in [0.717, 1.165) is 12.8 Å². The molecule has 4 aliphatic carbocycles. The van der Waals surface area contributed by atoms with Crippen molar-refractivity contribution in [2.45, 2.75) is 133 Å². The van der Waals surface area contributed by atoms with Crippen LogP contribution < -0.4 is 0 Å². The molecule has 4 nitrogen and oxygen atoms in total. The Kier molecular flexibility index (Phi) is 7.22. The van der Waals surface area contributed by atoms with Crippen LogP contribution in [-0.2, 0) is 19.1 Å². The molecule has 4 fully saturated rings. The highest BCUT2D eigenvalue weighted by Crippen LogP contribution is 2.75. The van der Waals surface area contributed by atoms with Gasteiger partial charge in [0.15, 0.2) is 0 Å². The molecule has 4 saturated carbocycles. The van der Waals surface area contributed by atoms with E-state index in [0.29, 0.717) is 59.4 Å². The molecule has 0 N–H and O–H groups in total. The minimum Gasteiger partial charge on any atom is -0.465 e. The van der Waals surface area contributed by atoms with Gasteiger partial charge in [-0.05, 0) is 91.3 Å². The van der Waals surface area contributed by atoms with Crippen molar-refractivity contribution in [1.82, 2.24) is 0 Å². The lowest BCUT2D eigenvalue weighted by Gasteiger charge is -2.72. The van der Waals surface area contributed by atoms with Gasteiger partial charge in [0.1, 0.15) is 6.10 Å². The highest BCUT2D eigenvalue weighted by atomic mass is 16.5. The molecule has 0 aromatic heterocycles. The lowest BCUT2D eigenvalue weighted by molar-refractivity contribution is -0.250. The molecule has 9 atom stereocenters. The largest absolute Gasteiger partial charge is 0.465 e. The zero-order valence-corrected chi connectivity index (χ0v) is 24.8. The van der Waals surface area contributed by atoms with Crippen LogP contribution >= 0.6 is 0 Å². The third-order valence-electron chi connectivity index (χ3n) is 13.2. The summed E-state index contributed by atoms with van der Waals surface area (Å²) in [6, 6.07) is 0. The van der Waals surface area contributed by atoms with Gasteiger partial charge in [-0.3, -0.25) is 9.59 Å². The van der Waals surface area contributed by atoms with Crippen molar-refractivity contribution in [3.63, 3.8) is 0 Å². The van der Waals surface area contributed by atoms with Crippen LogP contribution in [0.1, 0.15) is 127 Å². The van der Waals surface area contributed by atoms with Crippen LogP contribution in [0.15, 0.2) is 0 Å². The highest BCUT2D eigenvalue weighted by molar-refractivity contribution is 5.69. The Bertz CT molecular complexity index is 864. The molecular formula is C32H54O4. The van der Waals surface area contributed by atoms with Crippen LogP contribution in [0.5, 0.6) is 0 Å². The van der Waals surface area contributed by atoms with Gasteiger partial charge in [0.25, 0.3) is 0 Å². The van der Waals surface area contributed by atoms with Crippen molar-refractivity contribution >= 4 is 11.9 Å². The molecule has 0 aliphatic heterocycles. The topological polar surface area (TPSA) is 52.6 Å². The van der Waals surface area contributed by atoms with E-state index in [1.807, 2.05) is 13.8 Å². The fraction of sp³-hybridized carbons (Fsp3) is 0.938. The number of fused-ring (bicyclic) bond motifs is 5. The molecular weight excluding hydrogens is 448 g/mol. The fourth-order valence-electron chi connectivity index (χ4n) is 10.5. The van der Waals surface area contributed by atoms with Crippen LogP contribution in [0.2, 0.25) is 0 Å². The van der Waals surface area contributed by atoms with E-state index in [2.05, 4.69) is 48.5 Å². The monoisotopic (exact) mass is 502 g/mol. The molecule has 0 bridgehead atoms. The van der Waals surface area contributed by atoms with E-state index in [9.17, 15) is 9.59 Å². The van der Waals surface area contributed by atoms with Gasteiger partial charge in [-0.1, -0.05) is 62.3 Å². The number of esters is 2. The summed E-state index contributed by atoms with van der Waals surface area (Å²) < 4.78 is 11.8. The zero-order chi connectivity index (χ0) is 26.7. The van der Waals surface area contributed by atoms with Crippen LogP contribution in [0, 0.1) is 50.7 Å². The van der Waals surface area contributed by atoms with Gasteiger partial charge < -0.3 is 9.47 Å². The molecule has 0 amide bonds. The van der Waals surface area contributed by atoms with Gasteiger partial charge in [-0.2, -0.15) is 0 Å². The molecule has 0 saturated heterocycles. The van der Waals surface area contributed by atoms with Gasteiger partial charge in [0, 0.05) is 23.7 Å².